The van der Waals surface area contributed by atoms with E-state index in [1.165, 1.54) is 77.1 Å². The summed E-state index contributed by atoms with van der Waals surface area (Å²) in [6, 6.07) is 17.6. The van der Waals surface area contributed by atoms with Crippen LogP contribution < -0.4 is 24.0 Å². The van der Waals surface area contributed by atoms with E-state index in [1.54, 1.807) is 85.2 Å². The fraction of sp³-hybridized carbons (Fsp3) is 0.532. The maximum atomic E-state index is 14.7. The number of benzene rings is 4. The number of anilines is 2. The van der Waals surface area contributed by atoms with Crippen molar-refractivity contribution in [2.24, 2.45) is 0 Å². The normalized spacial score (nSPS) is 23.1. The van der Waals surface area contributed by atoms with Crippen molar-refractivity contribution in [2.75, 3.05) is 111 Å². The molecule has 0 spiro atoms. The van der Waals surface area contributed by atoms with Crippen LogP contribution in [0.1, 0.15) is 149 Å². The molecule has 29 nitrogen and oxygen atoms in total. The van der Waals surface area contributed by atoms with Gasteiger partial charge in [-0.3, -0.25) is 14.4 Å². The number of methoxy groups -OCH3 is 2. The van der Waals surface area contributed by atoms with Gasteiger partial charge in [0.05, 0.1) is 78.2 Å². The first kappa shape index (κ1) is 82.5. The van der Waals surface area contributed by atoms with Crippen molar-refractivity contribution >= 4 is 72.5 Å². The maximum absolute atomic E-state index is 14.7. The molecule has 6 unspecified atom stereocenters. The largest absolute Gasteiger partial charge is 0.504 e. The van der Waals surface area contributed by atoms with Crippen molar-refractivity contribution in [3.05, 3.63) is 133 Å². The van der Waals surface area contributed by atoms with Gasteiger partial charge in [0.1, 0.15) is 37.9 Å². The number of phenolic OH excluding ortho intramolecular Hbond substituents is 1. The zero-order valence-corrected chi connectivity index (χ0v) is 65.2. The molecule has 0 aliphatic carbocycles. The summed E-state index contributed by atoms with van der Waals surface area (Å²) in [5.74, 6) is -0.860. The van der Waals surface area contributed by atoms with Gasteiger partial charge in [-0.1, -0.05) is 61.7 Å². The summed E-state index contributed by atoms with van der Waals surface area (Å²) in [6.45, 7) is 15.2. The van der Waals surface area contributed by atoms with E-state index in [-0.39, 0.29) is 138 Å². The van der Waals surface area contributed by atoms with Crippen LogP contribution in [0.25, 0.3) is 11.1 Å². The maximum Gasteiger partial charge on any atom is 0.416 e. The van der Waals surface area contributed by atoms with Gasteiger partial charge in [0.2, 0.25) is 20.0 Å². The molecule has 8 atom stereocenters. The topological polar surface area (TPSA) is 313 Å². The summed E-state index contributed by atoms with van der Waals surface area (Å²) in [6.07, 6.45) is 10.7. The van der Waals surface area contributed by atoms with Crippen LogP contribution in [-0.4, -0.2) is 226 Å². The Labute approximate surface area is 643 Å². The lowest BCUT2D eigenvalue weighted by atomic mass is 9.92. The van der Waals surface area contributed by atoms with E-state index in [4.69, 9.17) is 61.6 Å². The quantitative estimate of drug-likeness (QED) is 0.0279. The number of carbonyl (C=O) groups is 5. The van der Waals surface area contributed by atoms with Crippen LogP contribution in [-0.2, 0) is 72.2 Å². The van der Waals surface area contributed by atoms with Crippen molar-refractivity contribution in [3.63, 3.8) is 0 Å². The average molecular weight is 1570 g/mol. The second kappa shape index (κ2) is 37.2. The molecule has 0 aromatic heterocycles. The number of phenols is 1. The number of nitrogens with zero attached hydrogens (tertiary/aromatic N) is 6. The molecule has 4 aromatic rings. The molecule has 0 saturated carbocycles. The summed E-state index contributed by atoms with van der Waals surface area (Å²) in [5.41, 5.74) is 3.16. The van der Waals surface area contributed by atoms with Crippen LogP contribution in [0.3, 0.4) is 0 Å². The highest BCUT2D eigenvalue weighted by Gasteiger charge is 2.50. The molecule has 1 N–H and O–H groups in total. The molecule has 110 heavy (non-hydrogen) atoms. The number of rotatable bonds is 25. The minimum absolute atomic E-state index is 0.0565. The third kappa shape index (κ3) is 19.3. The Morgan fingerprint density at radius 2 is 1.01 bits per heavy atom. The fourth-order valence-electron chi connectivity index (χ4n) is 14.4. The van der Waals surface area contributed by atoms with Crippen LogP contribution in [0.5, 0.6) is 23.0 Å². The molecule has 8 aliphatic rings. The van der Waals surface area contributed by atoms with E-state index in [1.807, 2.05) is 12.2 Å². The van der Waals surface area contributed by atoms with Gasteiger partial charge in [0.15, 0.2) is 48.0 Å². The number of esters is 1. The standard InChI is InChI=1S/C44H59N3O13S.C35H43N3O10S/c1-7-21-58-43(50)47-34-29-37(55-26-25-54-24-19-39(48)60-44(2,3)4)36(53-6)28-33(34)41(49)46-20-18-31(27-35(46)42(47)59-40-13-9-11-23-57-40)30-14-16-32(17-15-30)61(51,52)45(5)38-12-8-10-22-56-38;1-4-17-47-35(41)38-27-22-29(39)30(44-3)21-26(27)33(40)37-16-15-24(20-28(37)34(38)48-32-10-6-8-19-46-32)23-11-13-25(14-12-23)49(42,43)36(2)31-9-5-7-18-45-31/h7,14-18,28-29,35,38,40,42H,1,8-13,19-27H2,2-6H3;4,11-15,21-22,28,31-32,34,39H,1,5-10,16-20H2,2-3H3/t35-,38?,40?,42?;28-,31?,32?,34?/m00/s1. The molecular weight excluding hydrogens is 1470 g/mol. The Kier molecular flexibility index (Phi) is 27.9. The Hall–Kier alpha value is -8.47. The molecule has 8 heterocycles. The van der Waals surface area contributed by atoms with E-state index in [9.17, 15) is 45.9 Å². The number of hydrogen-bond acceptors (Lipinski definition) is 23. The van der Waals surface area contributed by atoms with Gasteiger partial charge in [-0.2, -0.15) is 8.61 Å². The number of carbonyl (C=O) groups excluding carboxylic acids is 5. The predicted molar refractivity (Wildman–Crippen MR) is 404 cm³/mol. The van der Waals surface area contributed by atoms with Gasteiger partial charge in [0.25, 0.3) is 11.8 Å². The molecule has 8 aliphatic heterocycles. The molecule has 4 saturated heterocycles. The van der Waals surface area contributed by atoms with Gasteiger partial charge in [-0.05, 0) is 169 Å². The van der Waals surface area contributed by atoms with E-state index < -0.39 is 87.4 Å². The van der Waals surface area contributed by atoms with Crippen LogP contribution in [0.4, 0.5) is 21.0 Å². The van der Waals surface area contributed by atoms with Gasteiger partial charge in [-0.25, -0.2) is 36.2 Å². The van der Waals surface area contributed by atoms with Crippen molar-refractivity contribution < 1.29 is 107 Å². The molecule has 0 radical (unpaired) electrons. The lowest BCUT2D eigenvalue weighted by Gasteiger charge is -2.42. The minimum Gasteiger partial charge on any atom is -0.504 e. The molecule has 4 fully saturated rings. The Bertz CT molecular complexity index is 4220. The lowest BCUT2D eigenvalue weighted by molar-refractivity contribution is -0.197. The summed E-state index contributed by atoms with van der Waals surface area (Å²) in [4.78, 5) is 75.4. The van der Waals surface area contributed by atoms with Gasteiger partial charge >= 0.3 is 18.2 Å². The van der Waals surface area contributed by atoms with Crippen molar-refractivity contribution in [3.8, 4) is 23.0 Å². The summed E-state index contributed by atoms with van der Waals surface area (Å²) in [7, 11) is -1.73. The van der Waals surface area contributed by atoms with Gasteiger partial charge in [0, 0.05) is 65.7 Å². The highest BCUT2D eigenvalue weighted by atomic mass is 32.2. The Balaban J connectivity index is 0.000000223. The number of sulfonamides is 2. The summed E-state index contributed by atoms with van der Waals surface area (Å²) in [5, 5.41) is 10.8. The Morgan fingerprint density at radius 1 is 0.573 bits per heavy atom. The highest BCUT2D eigenvalue weighted by molar-refractivity contribution is 7.89. The smallest absolute Gasteiger partial charge is 0.416 e. The first-order chi connectivity index (χ1) is 52.8. The second-order valence-electron chi connectivity index (χ2n) is 28.6. The van der Waals surface area contributed by atoms with Gasteiger partial charge in [-0.15, -0.1) is 0 Å². The van der Waals surface area contributed by atoms with E-state index in [0.717, 1.165) is 73.6 Å². The van der Waals surface area contributed by atoms with Crippen LogP contribution in [0.15, 0.2) is 120 Å². The number of ether oxygens (including phenoxy) is 13. The Morgan fingerprint density at radius 3 is 1.42 bits per heavy atom. The molecule has 4 amide bonds. The molecule has 4 aromatic carbocycles. The second-order valence-corrected chi connectivity index (χ2v) is 32.6. The highest BCUT2D eigenvalue weighted by Crippen LogP contribution is 2.46. The molecule has 598 valence electrons. The SMILES string of the molecule is C=CCOC(=O)N1c2cc(O)c(OC)cc2C(=O)N2CC=C(c3ccc(S(=O)(=O)N(C)C4CCCCO4)cc3)C[C@H]2C1OC1CCCCO1.C=CCOC(=O)N1c2cc(OCCOCCC(=O)OC(C)(C)C)c(OC)cc2C(=O)N2CC=C(c3ccc(S(=O)(=O)N(C)C4CCCCO4)cc3)C[C@H]2C1OC1CCCCO1. The van der Waals surface area contributed by atoms with Crippen molar-refractivity contribution in [1.82, 2.24) is 18.4 Å². The first-order valence-corrected chi connectivity index (χ1v) is 40.4. The molecule has 12 rings (SSSR count). The summed E-state index contributed by atoms with van der Waals surface area (Å²) < 4.78 is 133. The minimum atomic E-state index is -3.83. The zero-order valence-electron chi connectivity index (χ0n) is 63.6. The van der Waals surface area contributed by atoms with Crippen LogP contribution in [0.2, 0.25) is 0 Å². The third-order valence-corrected chi connectivity index (χ3v) is 23.9. The number of fused-ring (bicyclic) bond motifs is 4. The van der Waals surface area contributed by atoms with Crippen molar-refractivity contribution in [2.45, 2.75) is 182 Å². The van der Waals surface area contributed by atoms with E-state index in [2.05, 4.69) is 13.2 Å². The van der Waals surface area contributed by atoms with E-state index in [0.29, 0.717) is 52.1 Å². The number of amides is 4. The van der Waals surface area contributed by atoms with Gasteiger partial charge < -0.3 is 76.5 Å². The molecule has 31 heteroatoms. The zero-order chi connectivity index (χ0) is 78.4. The fourth-order valence-corrected chi connectivity index (χ4v) is 17.0. The molecular formula is C79H102N6O23S2. The lowest BCUT2D eigenvalue weighted by Crippen LogP contribution is -2.57. The average Bonchev–Trinajstić information content (AvgIpc) is 1.59. The van der Waals surface area contributed by atoms with E-state index >= 15 is 0 Å². The third-order valence-electron chi connectivity index (χ3n) is 20.2. The summed E-state index contributed by atoms with van der Waals surface area (Å²) >= 11 is 0. The number of hydrogen-bond donors (Lipinski definition) is 1. The first-order valence-electron chi connectivity index (χ1n) is 37.5. The monoisotopic (exact) mass is 1570 g/mol. The predicted octanol–water partition coefficient (Wildman–Crippen LogP) is 11.1. The van der Waals surface area contributed by atoms with Crippen LogP contribution >= 0.6 is 0 Å². The number of aromatic hydroxyl groups is 1. The van der Waals surface area contributed by atoms with Crippen molar-refractivity contribution in [1.29, 1.82) is 0 Å². The van der Waals surface area contributed by atoms with Crippen LogP contribution in [0, 0.1) is 0 Å². The molecule has 0 bridgehead atoms.